The monoisotopic (exact) mass is 243 g/mol. The van der Waals surface area contributed by atoms with Gasteiger partial charge in [0.25, 0.3) is 0 Å². The zero-order valence-corrected chi connectivity index (χ0v) is 10.3. The van der Waals surface area contributed by atoms with Crippen LogP contribution in [-0.4, -0.2) is 46.7 Å². The fourth-order valence-corrected chi connectivity index (χ4v) is 2.19. The SMILES string of the molecule is CN(CCC(=O)O)C(=O)C[C@@H]1CCCC[C@H]1O. The van der Waals surface area contributed by atoms with Crippen molar-refractivity contribution in [1.82, 2.24) is 4.90 Å². The van der Waals surface area contributed by atoms with Crippen molar-refractivity contribution in [3.63, 3.8) is 0 Å². The van der Waals surface area contributed by atoms with E-state index in [1.54, 1.807) is 7.05 Å². The summed E-state index contributed by atoms with van der Waals surface area (Å²) < 4.78 is 0. The lowest BCUT2D eigenvalue weighted by molar-refractivity contribution is -0.138. The van der Waals surface area contributed by atoms with Crippen LogP contribution in [0.3, 0.4) is 0 Å². The first kappa shape index (κ1) is 14.0. The molecule has 98 valence electrons. The van der Waals surface area contributed by atoms with Crippen molar-refractivity contribution >= 4 is 11.9 Å². The van der Waals surface area contributed by atoms with Crippen LogP contribution in [0.2, 0.25) is 0 Å². The van der Waals surface area contributed by atoms with E-state index in [9.17, 15) is 14.7 Å². The average molecular weight is 243 g/mol. The molecule has 1 fully saturated rings. The van der Waals surface area contributed by atoms with Crippen LogP contribution in [0, 0.1) is 5.92 Å². The van der Waals surface area contributed by atoms with Gasteiger partial charge in [-0.1, -0.05) is 12.8 Å². The summed E-state index contributed by atoms with van der Waals surface area (Å²) in [4.78, 5) is 23.6. The highest BCUT2D eigenvalue weighted by Crippen LogP contribution is 2.27. The van der Waals surface area contributed by atoms with Gasteiger partial charge in [-0.15, -0.1) is 0 Å². The Morgan fingerprint density at radius 3 is 2.53 bits per heavy atom. The van der Waals surface area contributed by atoms with Crippen LogP contribution in [0.5, 0.6) is 0 Å². The zero-order chi connectivity index (χ0) is 12.8. The maximum atomic E-state index is 11.8. The standard InChI is InChI=1S/C12H21NO4/c1-13(7-6-12(16)17)11(15)8-9-4-2-3-5-10(9)14/h9-10,14H,2-8H2,1H3,(H,16,17)/t9-,10+/m0/s1. The number of carbonyl (C=O) groups excluding carboxylic acids is 1. The largest absolute Gasteiger partial charge is 0.481 e. The first-order chi connectivity index (χ1) is 8.00. The fourth-order valence-electron chi connectivity index (χ4n) is 2.19. The van der Waals surface area contributed by atoms with Crippen molar-refractivity contribution in [2.75, 3.05) is 13.6 Å². The number of carboxylic acid groups (broad SMARTS) is 1. The second kappa shape index (κ2) is 6.59. The number of carboxylic acids is 1. The minimum atomic E-state index is -0.901. The first-order valence-corrected chi connectivity index (χ1v) is 6.14. The summed E-state index contributed by atoms with van der Waals surface area (Å²) in [6.07, 6.45) is 3.68. The van der Waals surface area contributed by atoms with Gasteiger partial charge in [0, 0.05) is 20.0 Å². The molecule has 1 saturated carbocycles. The highest BCUT2D eigenvalue weighted by Gasteiger charge is 2.26. The van der Waals surface area contributed by atoms with E-state index in [0.717, 1.165) is 25.7 Å². The molecule has 0 spiro atoms. The Morgan fingerprint density at radius 1 is 1.29 bits per heavy atom. The van der Waals surface area contributed by atoms with Crippen LogP contribution in [0.4, 0.5) is 0 Å². The topological polar surface area (TPSA) is 77.8 Å². The third-order valence-corrected chi connectivity index (χ3v) is 3.39. The van der Waals surface area contributed by atoms with E-state index in [2.05, 4.69) is 0 Å². The summed E-state index contributed by atoms with van der Waals surface area (Å²) in [5, 5.41) is 18.3. The lowest BCUT2D eigenvalue weighted by atomic mass is 9.84. The Morgan fingerprint density at radius 2 is 1.94 bits per heavy atom. The van der Waals surface area contributed by atoms with E-state index in [0.29, 0.717) is 6.42 Å². The van der Waals surface area contributed by atoms with Gasteiger partial charge in [-0.05, 0) is 18.8 Å². The molecule has 2 atom stereocenters. The lowest BCUT2D eigenvalue weighted by Gasteiger charge is -2.28. The molecule has 0 aromatic carbocycles. The van der Waals surface area contributed by atoms with E-state index in [1.807, 2.05) is 0 Å². The summed E-state index contributed by atoms with van der Waals surface area (Å²) in [6.45, 7) is 0.233. The third kappa shape index (κ3) is 4.73. The van der Waals surface area contributed by atoms with E-state index in [-0.39, 0.29) is 30.9 Å². The van der Waals surface area contributed by atoms with Gasteiger partial charge in [-0.2, -0.15) is 0 Å². The highest BCUT2D eigenvalue weighted by molar-refractivity contribution is 5.77. The van der Waals surface area contributed by atoms with Crippen LogP contribution >= 0.6 is 0 Å². The maximum Gasteiger partial charge on any atom is 0.305 e. The highest BCUT2D eigenvalue weighted by atomic mass is 16.4. The number of hydrogen-bond donors (Lipinski definition) is 2. The third-order valence-electron chi connectivity index (χ3n) is 3.39. The van der Waals surface area contributed by atoms with Crippen LogP contribution in [0.25, 0.3) is 0 Å². The fraction of sp³-hybridized carbons (Fsp3) is 0.833. The van der Waals surface area contributed by atoms with Gasteiger partial charge < -0.3 is 15.1 Å². The molecule has 17 heavy (non-hydrogen) atoms. The molecule has 0 heterocycles. The molecule has 0 aliphatic heterocycles. The molecule has 1 aliphatic carbocycles. The van der Waals surface area contributed by atoms with Crippen molar-refractivity contribution < 1.29 is 19.8 Å². The number of hydrogen-bond acceptors (Lipinski definition) is 3. The summed E-state index contributed by atoms with van der Waals surface area (Å²) in [5.41, 5.74) is 0. The van der Waals surface area contributed by atoms with Gasteiger partial charge in [0.05, 0.1) is 12.5 Å². The molecule has 0 radical (unpaired) electrons. The van der Waals surface area contributed by atoms with Gasteiger partial charge in [-0.25, -0.2) is 0 Å². The first-order valence-electron chi connectivity index (χ1n) is 6.14. The molecule has 5 nitrogen and oxygen atoms in total. The number of aliphatic hydroxyl groups excluding tert-OH is 1. The summed E-state index contributed by atoms with van der Waals surface area (Å²) in [7, 11) is 1.61. The predicted molar refractivity (Wildman–Crippen MR) is 62.5 cm³/mol. The minimum absolute atomic E-state index is 0.0323. The van der Waals surface area contributed by atoms with Crippen LogP contribution in [0.1, 0.15) is 38.5 Å². The lowest BCUT2D eigenvalue weighted by Crippen LogP contribution is -2.34. The predicted octanol–water partition coefficient (Wildman–Crippen LogP) is 0.861. The Kier molecular flexibility index (Phi) is 5.41. The summed E-state index contributed by atoms with van der Waals surface area (Å²) >= 11 is 0. The Balaban J connectivity index is 2.34. The van der Waals surface area contributed by atoms with Crippen molar-refractivity contribution in [2.45, 2.75) is 44.6 Å². The van der Waals surface area contributed by atoms with Gasteiger partial charge in [-0.3, -0.25) is 9.59 Å². The smallest absolute Gasteiger partial charge is 0.305 e. The summed E-state index contributed by atoms with van der Waals surface area (Å²) in [5.74, 6) is -0.928. The van der Waals surface area contributed by atoms with Gasteiger partial charge >= 0.3 is 5.97 Å². The van der Waals surface area contributed by atoms with Crippen molar-refractivity contribution in [3.8, 4) is 0 Å². The van der Waals surface area contributed by atoms with Crippen LogP contribution in [0.15, 0.2) is 0 Å². The molecule has 0 bridgehead atoms. The van der Waals surface area contributed by atoms with E-state index in [4.69, 9.17) is 5.11 Å². The number of aliphatic hydroxyl groups is 1. The Hall–Kier alpha value is -1.10. The van der Waals surface area contributed by atoms with E-state index in [1.165, 1.54) is 4.90 Å². The molecule has 1 aliphatic rings. The number of aliphatic carboxylic acids is 1. The second-order valence-corrected chi connectivity index (χ2v) is 4.78. The molecule has 0 unspecified atom stereocenters. The molecule has 1 amide bonds. The second-order valence-electron chi connectivity index (χ2n) is 4.78. The molecule has 1 rings (SSSR count). The van der Waals surface area contributed by atoms with Gasteiger partial charge in [0.1, 0.15) is 0 Å². The average Bonchev–Trinajstić information content (AvgIpc) is 2.28. The van der Waals surface area contributed by atoms with Crippen molar-refractivity contribution in [3.05, 3.63) is 0 Å². The quantitative estimate of drug-likeness (QED) is 0.750. The van der Waals surface area contributed by atoms with Crippen LogP contribution in [-0.2, 0) is 9.59 Å². The van der Waals surface area contributed by atoms with Crippen molar-refractivity contribution in [2.24, 2.45) is 5.92 Å². The van der Waals surface area contributed by atoms with Crippen LogP contribution < -0.4 is 0 Å². The van der Waals surface area contributed by atoms with E-state index >= 15 is 0 Å². The molecular formula is C12H21NO4. The van der Waals surface area contributed by atoms with Crippen molar-refractivity contribution in [1.29, 1.82) is 0 Å². The van der Waals surface area contributed by atoms with Gasteiger partial charge in [0.2, 0.25) is 5.91 Å². The molecule has 5 heteroatoms. The number of nitrogens with zero attached hydrogens (tertiary/aromatic N) is 1. The molecule has 0 saturated heterocycles. The molecule has 0 aromatic rings. The Labute approximate surface area is 101 Å². The molecule has 2 N–H and O–H groups in total. The summed E-state index contributed by atoms with van der Waals surface area (Å²) in [6, 6.07) is 0. The number of carbonyl (C=O) groups is 2. The number of amides is 1. The molecule has 0 aromatic heterocycles. The Bertz CT molecular complexity index is 280. The normalized spacial score (nSPS) is 24.4. The van der Waals surface area contributed by atoms with Gasteiger partial charge in [0.15, 0.2) is 0 Å². The minimum Gasteiger partial charge on any atom is -0.481 e. The number of rotatable bonds is 5. The molecular weight excluding hydrogens is 222 g/mol. The van der Waals surface area contributed by atoms with E-state index < -0.39 is 5.97 Å². The zero-order valence-electron chi connectivity index (χ0n) is 10.3. The maximum absolute atomic E-state index is 11.8.